The molecular weight excluding hydrogens is 334 g/mol. The van der Waals surface area contributed by atoms with Gasteiger partial charge >= 0.3 is 5.63 Å². The molecule has 1 atom stereocenters. The van der Waals surface area contributed by atoms with Crippen LogP contribution in [-0.2, 0) is 4.79 Å². The molecule has 0 fully saturated rings. The molecule has 1 unspecified atom stereocenters. The van der Waals surface area contributed by atoms with E-state index >= 15 is 0 Å². The first-order valence-electron chi connectivity index (χ1n) is 8.53. The number of carbonyl (C=O) groups is 1. The lowest BCUT2D eigenvalue weighted by atomic mass is 10.0. The van der Waals surface area contributed by atoms with Crippen LogP contribution in [-0.4, -0.2) is 30.3 Å². The van der Waals surface area contributed by atoms with Gasteiger partial charge in [-0.25, -0.2) is 4.79 Å². The highest BCUT2D eigenvalue weighted by atomic mass is 16.5. The summed E-state index contributed by atoms with van der Waals surface area (Å²) < 4.78 is 11.3. The average molecular weight is 355 g/mol. The predicted octanol–water partition coefficient (Wildman–Crippen LogP) is 2.52. The molecule has 0 bridgehead atoms. The van der Waals surface area contributed by atoms with Crippen LogP contribution in [0.4, 0.5) is 0 Å². The van der Waals surface area contributed by atoms with Gasteiger partial charge < -0.3 is 19.6 Å². The van der Waals surface area contributed by atoms with Crippen molar-refractivity contribution in [3.05, 3.63) is 52.4 Å². The highest BCUT2D eigenvalue weighted by Gasteiger charge is 2.18. The first-order valence-corrected chi connectivity index (χ1v) is 8.53. The van der Waals surface area contributed by atoms with E-state index in [0.717, 1.165) is 10.8 Å². The van der Waals surface area contributed by atoms with Crippen LogP contribution >= 0.6 is 0 Å². The summed E-state index contributed by atoms with van der Waals surface area (Å²) in [7, 11) is 0. The predicted molar refractivity (Wildman–Crippen MR) is 99.5 cm³/mol. The topological polar surface area (TPSA) is 88.8 Å². The van der Waals surface area contributed by atoms with E-state index < -0.39 is 11.7 Å². The van der Waals surface area contributed by atoms with Gasteiger partial charge in [0.15, 0.2) is 6.10 Å². The maximum absolute atomic E-state index is 12.2. The van der Waals surface area contributed by atoms with Crippen LogP contribution < -0.4 is 15.7 Å². The zero-order chi connectivity index (χ0) is 18.7. The summed E-state index contributed by atoms with van der Waals surface area (Å²) in [6.45, 7) is 3.85. The van der Waals surface area contributed by atoms with Crippen LogP contribution in [0.2, 0.25) is 0 Å². The normalized spacial score (nSPS) is 12.3. The zero-order valence-corrected chi connectivity index (χ0v) is 14.7. The first-order chi connectivity index (χ1) is 12.5. The monoisotopic (exact) mass is 355 g/mol. The van der Waals surface area contributed by atoms with E-state index in [0.29, 0.717) is 35.2 Å². The van der Waals surface area contributed by atoms with Gasteiger partial charge in [-0.2, -0.15) is 0 Å². The number of carbonyl (C=O) groups excluding carboxylic acids is 1. The summed E-state index contributed by atoms with van der Waals surface area (Å²) in [6, 6.07) is 10.9. The summed E-state index contributed by atoms with van der Waals surface area (Å²) in [6.07, 6.45) is -0.219. The zero-order valence-electron chi connectivity index (χ0n) is 14.7. The second-order valence-electron chi connectivity index (χ2n) is 6.13. The Morgan fingerprint density at radius 3 is 2.65 bits per heavy atom. The van der Waals surface area contributed by atoms with Gasteiger partial charge in [-0.15, -0.1) is 0 Å². The molecule has 6 heteroatoms. The summed E-state index contributed by atoms with van der Waals surface area (Å²) in [5, 5.41) is 13.6. The lowest BCUT2D eigenvalue weighted by molar-refractivity contribution is -0.127. The second-order valence-corrected chi connectivity index (χ2v) is 6.13. The molecule has 1 aromatic heterocycles. The minimum absolute atomic E-state index is 0.0201. The third-order valence-corrected chi connectivity index (χ3v) is 4.30. The summed E-state index contributed by atoms with van der Waals surface area (Å²) in [4.78, 5) is 24.3. The molecule has 0 saturated carbocycles. The van der Waals surface area contributed by atoms with Gasteiger partial charge in [-0.05, 0) is 43.9 Å². The molecule has 3 rings (SSSR count). The van der Waals surface area contributed by atoms with Gasteiger partial charge in [0, 0.05) is 24.1 Å². The number of rotatable bonds is 6. The Bertz CT molecular complexity index is 1010. The first kappa shape index (κ1) is 17.9. The number of aryl methyl sites for hydroxylation is 1. The summed E-state index contributed by atoms with van der Waals surface area (Å²) >= 11 is 0. The van der Waals surface area contributed by atoms with Crippen LogP contribution in [0.5, 0.6) is 5.75 Å². The molecule has 0 radical (unpaired) electrons. The molecule has 0 aliphatic carbocycles. The molecule has 1 heterocycles. The molecule has 0 saturated heterocycles. The number of aliphatic hydroxyl groups excluding tert-OH is 1. The van der Waals surface area contributed by atoms with Crippen molar-refractivity contribution >= 4 is 27.6 Å². The fourth-order valence-electron chi connectivity index (χ4n) is 2.87. The SMILES string of the molecule is Cc1c(OC(C)C(=O)NCCCO)ccc2c1oc(=O)c1ccccc12. The average Bonchev–Trinajstić information content (AvgIpc) is 2.65. The Balaban J connectivity index is 1.93. The van der Waals surface area contributed by atoms with Crippen LogP contribution in [0, 0.1) is 6.92 Å². The molecular formula is C20H21NO5. The Morgan fingerprint density at radius 1 is 1.19 bits per heavy atom. The Kier molecular flexibility index (Phi) is 5.23. The number of hydrogen-bond donors (Lipinski definition) is 2. The van der Waals surface area contributed by atoms with Gasteiger partial charge in [0.05, 0.1) is 5.39 Å². The minimum Gasteiger partial charge on any atom is -0.480 e. The molecule has 26 heavy (non-hydrogen) atoms. The molecule has 0 spiro atoms. The Hall–Kier alpha value is -2.86. The molecule has 3 aromatic rings. The van der Waals surface area contributed by atoms with Crippen molar-refractivity contribution < 1.29 is 19.1 Å². The van der Waals surface area contributed by atoms with Crippen molar-refractivity contribution in [3.63, 3.8) is 0 Å². The maximum atomic E-state index is 12.2. The van der Waals surface area contributed by atoms with E-state index in [1.807, 2.05) is 18.2 Å². The summed E-state index contributed by atoms with van der Waals surface area (Å²) in [5.74, 6) is 0.221. The second kappa shape index (κ2) is 7.58. The van der Waals surface area contributed by atoms with Crippen molar-refractivity contribution in [1.29, 1.82) is 0 Å². The van der Waals surface area contributed by atoms with Gasteiger partial charge in [-0.1, -0.05) is 18.2 Å². The molecule has 1 amide bonds. The van der Waals surface area contributed by atoms with E-state index in [9.17, 15) is 9.59 Å². The smallest absolute Gasteiger partial charge is 0.344 e. The summed E-state index contributed by atoms with van der Waals surface area (Å²) in [5.41, 5.74) is 0.725. The van der Waals surface area contributed by atoms with Crippen molar-refractivity contribution in [2.45, 2.75) is 26.4 Å². The van der Waals surface area contributed by atoms with Gasteiger partial charge in [0.25, 0.3) is 5.91 Å². The fraction of sp³-hybridized carbons (Fsp3) is 0.300. The number of ether oxygens (including phenoxy) is 1. The van der Waals surface area contributed by atoms with E-state index in [1.54, 1.807) is 32.0 Å². The Labute approximate surface area is 150 Å². The molecule has 2 N–H and O–H groups in total. The van der Waals surface area contributed by atoms with Crippen LogP contribution in [0.25, 0.3) is 21.7 Å². The molecule has 0 aliphatic heterocycles. The molecule has 0 aliphatic rings. The van der Waals surface area contributed by atoms with Crippen LogP contribution in [0.1, 0.15) is 18.9 Å². The fourth-order valence-corrected chi connectivity index (χ4v) is 2.87. The minimum atomic E-state index is -0.711. The van der Waals surface area contributed by atoms with Crippen LogP contribution in [0.3, 0.4) is 0 Å². The van der Waals surface area contributed by atoms with Crippen molar-refractivity contribution in [2.75, 3.05) is 13.2 Å². The van der Waals surface area contributed by atoms with Gasteiger partial charge in [0.1, 0.15) is 11.3 Å². The number of aliphatic hydroxyl groups is 1. The quantitative estimate of drug-likeness (QED) is 0.403. The Morgan fingerprint density at radius 2 is 1.92 bits per heavy atom. The van der Waals surface area contributed by atoms with E-state index in [4.69, 9.17) is 14.3 Å². The van der Waals surface area contributed by atoms with Crippen LogP contribution in [0.15, 0.2) is 45.6 Å². The van der Waals surface area contributed by atoms with E-state index in [1.165, 1.54) is 0 Å². The number of benzene rings is 2. The largest absolute Gasteiger partial charge is 0.480 e. The lowest BCUT2D eigenvalue weighted by Crippen LogP contribution is -2.37. The third-order valence-electron chi connectivity index (χ3n) is 4.30. The van der Waals surface area contributed by atoms with Gasteiger partial charge in [-0.3, -0.25) is 4.79 Å². The molecule has 136 valence electrons. The molecule has 2 aromatic carbocycles. The van der Waals surface area contributed by atoms with Crippen molar-refractivity contribution in [2.24, 2.45) is 0 Å². The van der Waals surface area contributed by atoms with Crippen molar-refractivity contribution in [1.82, 2.24) is 5.32 Å². The number of fused-ring (bicyclic) bond motifs is 3. The lowest BCUT2D eigenvalue weighted by Gasteiger charge is -2.17. The van der Waals surface area contributed by atoms with E-state index in [2.05, 4.69) is 5.32 Å². The standard InChI is InChI=1S/C20H21NO5/c1-12-17(25-13(2)19(23)21-10-5-11-22)9-8-15-14-6-3-4-7-16(14)20(24)26-18(12)15/h3-4,6-9,13,22H,5,10-11H2,1-2H3,(H,21,23). The maximum Gasteiger partial charge on any atom is 0.344 e. The highest BCUT2D eigenvalue weighted by Crippen LogP contribution is 2.31. The third kappa shape index (κ3) is 3.41. The number of nitrogens with one attached hydrogen (secondary N) is 1. The van der Waals surface area contributed by atoms with Gasteiger partial charge in [0.2, 0.25) is 0 Å². The number of amides is 1. The molecule has 6 nitrogen and oxygen atoms in total. The highest BCUT2D eigenvalue weighted by molar-refractivity contribution is 6.05. The number of hydrogen-bond acceptors (Lipinski definition) is 5. The van der Waals surface area contributed by atoms with E-state index in [-0.39, 0.29) is 12.5 Å². The van der Waals surface area contributed by atoms with Crippen molar-refractivity contribution in [3.8, 4) is 5.75 Å².